The first-order chi connectivity index (χ1) is 9.47. The van der Waals surface area contributed by atoms with Crippen molar-refractivity contribution in [3.8, 4) is 0 Å². The first-order valence-electron chi connectivity index (χ1n) is 6.84. The van der Waals surface area contributed by atoms with Crippen molar-refractivity contribution in [1.29, 1.82) is 0 Å². The highest BCUT2D eigenvalue weighted by molar-refractivity contribution is 5.90. The van der Waals surface area contributed by atoms with E-state index in [0.29, 0.717) is 18.5 Å². The summed E-state index contributed by atoms with van der Waals surface area (Å²) in [6, 6.07) is 6.58. The van der Waals surface area contributed by atoms with Crippen molar-refractivity contribution in [2.45, 2.75) is 37.5 Å². The molecule has 0 saturated heterocycles. The fourth-order valence-corrected chi connectivity index (χ4v) is 2.92. The molecular weight excluding hydrogens is 256 g/mol. The van der Waals surface area contributed by atoms with Gasteiger partial charge in [-0.3, -0.25) is 9.69 Å². The molecule has 2 rings (SSSR count). The van der Waals surface area contributed by atoms with E-state index in [9.17, 15) is 14.7 Å². The summed E-state index contributed by atoms with van der Waals surface area (Å²) in [4.78, 5) is 24.3. The number of amides is 2. The highest BCUT2D eigenvalue weighted by atomic mass is 16.4. The Balaban J connectivity index is 2.42. The molecule has 5 nitrogen and oxygen atoms in total. The van der Waals surface area contributed by atoms with Crippen molar-refractivity contribution in [3.05, 3.63) is 29.8 Å². The molecule has 1 aromatic rings. The summed E-state index contributed by atoms with van der Waals surface area (Å²) in [6.45, 7) is 0. The zero-order chi connectivity index (χ0) is 14.8. The van der Waals surface area contributed by atoms with E-state index in [1.165, 1.54) is 4.90 Å². The molecule has 0 aliphatic heterocycles. The Kier molecular flexibility index (Phi) is 3.97. The minimum absolute atomic E-state index is 0.560. The van der Waals surface area contributed by atoms with Crippen LogP contribution in [-0.2, 0) is 10.2 Å². The summed E-state index contributed by atoms with van der Waals surface area (Å²) < 4.78 is 0. The zero-order valence-electron chi connectivity index (χ0n) is 11.6. The number of carbonyl (C=O) groups is 2. The number of nitrogens with zero attached hydrogens (tertiary/aromatic N) is 1. The average molecular weight is 276 g/mol. The van der Waals surface area contributed by atoms with Crippen molar-refractivity contribution in [2.75, 3.05) is 11.9 Å². The fourth-order valence-electron chi connectivity index (χ4n) is 2.92. The molecule has 0 bridgehead atoms. The van der Waals surface area contributed by atoms with Crippen LogP contribution in [0.3, 0.4) is 0 Å². The zero-order valence-corrected chi connectivity index (χ0v) is 11.6. The SMILES string of the molecule is CN(C(N)=O)c1cccc(C2(C(=O)O)CCCCC2)c1. The predicted octanol–water partition coefficient (Wildman–Crippen LogP) is 2.49. The molecule has 3 N–H and O–H groups in total. The molecule has 0 heterocycles. The van der Waals surface area contributed by atoms with Crippen LogP contribution in [0, 0.1) is 0 Å². The Morgan fingerprint density at radius 1 is 1.25 bits per heavy atom. The van der Waals surface area contributed by atoms with Crippen LogP contribution >= 0.6 is 0 Å². The first kappa shape index (κ1) is 14.4. The molecule has 0 aromatic heterocycles. The third-order valence-corrected chi connectivity index (χ3v) is 4.23. The monoisotopic (exact) mass is 276 g/mol. The normalized spacial score (nSPS) is 17.4. The van der Waals surface area contributed by atoms with E-state index in [2.05, 4.69) is 0 Å². The van der Waals surface area contributed by atoms with Crippen LogP contribution in [0.4, 0.5) is 10.5 Å². The number of hydrogen-bond acceptors (Lipinski definition) is 2. The second-order valence-corrected chi connectivity index (χ2v) is 5.40. The number of carbonyl (C=O) groups excluding carboxylic acids is 1. The van der Waals surface area contributed by atoms with Gasteiger partial charge in [-0.25, -0.2) is 4.79 Å². The molecule has 0 atom stereocenters. The van der Waals surface area contributed by atoms with Crippen molar-refractivity contribution >= 4 is 17.7 Å². The summed E-state index contributed by atoms with van der Waals surface area (Å²) in [5, 5.41) is 9.68. The number of hydrogen-bond donors (Lipinski definition) is 2. The van der Waals surface area contributed by atoms with Gasteiger partial charge in [-0.2, -0.15) is 0 Å². The average Bonchev–Trinajstić information content (AvgIpc) is 2.47. The van der Waals surface area contributed by atoms with Crippen LogP contribution in [0.5, 0.6) is 0 Å². The second kappa shape index (κ2) is 5.53. The molecule has 1 aliphatic carbocycles. The third-order valence-electron chi connectivity index (χ3n) is 4.23. The van der Waals surface area contributed by atoms with Gasteiger partial charge < -0.3 is 10.8 Å². The molecule has 1 aliphatic rings. The van der Waals surface area contributed by atoms with Gasteiger partial charge in [-0.05, 0) is 30.5 Å². The lowest BCUT2D eigenvalue weighted by Crippen LogP contribution is -2.38. The van der Waals surface area contributed by atoms with E-state index in [1.807, 2.05) is 6.07 Å². The minimum Gasteiger partial charge on any atom is -0.481 e. The maximum absolute atomic E-state index is 11.8. The maximum atomic E-state index is 11.8. The van der Waals surface area contributed by atoms with Gasteiger partial charge in [0.25, 0.3) is 0 Å². The van der Waals surface area contributed by atoms with E-state index in [-0.39, 0.29) is 0 Å². The summed E-state index contributed by atoms with van der Waals surface area (Å²) >= 11 is 0. The summed E-state index contributed by atoms with van der Waals surface area (Å²) in [6.07, 6.45) is 4.21. The molecular formula is C15H20N2O3. The number of benzene rings is 1. The van der Waals surface area contributed by atoms with Gasteiger partial charge in [0.15, 0.2) is 0 Å². The van der Waals surface area contributed by atoms with E-state index in [4.69, 9.17) is 5.73 Å². The van der Waals surface area contributed by atoms with Gasteiger partial charge in [-0.15, -0.1) is 0 Å². The van der Waals surface area contributed by atoms with E-state index in [0.717, 1.165) is 24.8 Å². The van der Waals surface area contributed by atoms with Crippen LogP contribution in [0.15, 0.2) is 24.3 Å². The fraction of sp³-hybridized carbons (Fsp3) is 0.467. The molecule has 0 spiro atoms. The lowest BCUT2D eigenvalue weighted by molar-refractivity contribution is -0.145. The molecule has 2 amide bonds. The van der Waals surface area contributed by atoms with Gasteiger partial charge in [0, 0.05) is 12.7 Å². The standard InChI is InChI=1S/C15H20N2O3/c1-17(14(16)20)12-7-5-6-11(10-12)15(13(18)19)8-3-2-4-9-15/h5-7,10H,2-4,8-9H2,1H3,(H2,16,20)(H,18,19). The number of rotatable bonds is 3. The molecule has 1 aromatic carbocycles. The summed E-state index contributed by atoms with van der Waals surface area (Å²) in [5.41, 5.74) is 5.82. The number of carboxylic acid groups (broad SMARTS) is 1. The Morgan fingerprint density at radius 2 is 1.90 bits per heavy atom. The number of aliphatic carboxylic acids is 1. The Labute approximate surface area is 118 Å². The second-order valence-electron chi connectivity index (χ2n) is 5.40. The quantitative estimate of drug-likeness (QED) is 0.889. The number of carboxylic acids is 1. The number of primary amides is 1. The van der Waals surface area contributed by atoms with Crippen molar-refractivity contribution in [1.82, 2.24) is 0 Å². The van der Waals surface area contributed by atoms with Gasteiger partial charge in [0.1, 0.15) is 0 Å². The van der Waals surface area contributed by atoms with Crippen molar-refractivity contribution < 1.29 is 14.7 Å². The molecule has 108 valence electrons. The Morgan fingerprint density at radius 3 is 2.45 bits per heavy atom. The van der Waals surface area contributed by atoms with Gasteiger partial charge in [0.05, 0.1) is 5.41 Å². The lowest BCUT2D eigenvalue weighted by atomic mass is 9.69. The van der Waals surface area contributed by atoms with Gasteiger partial charge >= 0.3 is 12.0 Å². The smallest absolute Gasteiger partial charge is 0.318 e. The van der Waals surface area contributed by atoms with Crippen LogP contribution in [-0.4, -0.2) is 24.2 Å². The van der Waals surface area contributed by atoms with Crippen LogP contribution in [0.25, 0.3) is 0 Å². The van der Waals surface area contributed by atoms with Gasteiger partial charge in [0.2, 0.25) is 0 Å². The molecule has 0 unspecified atom stereocenters. The Bertz CT molecular complexity index is 522. The maximum Gasteiger partial charge on any atom is 0.318 e. The number of urea groups is 1. The topological polar surface area (TPSA) is 83.6 Å². The van der Waals surface area contributed by atoms with Crippen LogP contribution < -0.4 is 10.6 Å². The highest BCUT2D eigenvalue weighted by Crippen LogP contribution is 2.40. The molecule has 1 fully saturated rings. The first-order valence-corrected chi connectivity index (χ1v) is 6.84. The Hall–Kier alpha value is -2.04. The van der Waals surface area contributed by atoms with E-state index >= 15 is 0 Å². The lowest BCUT2D eigenvalue weighted by Gasteiger charge is -2.34. The molecule has 5 heteroatoms. The van der Waals surface area contributed by atoms with E-state index in [1.54, 1.807) is 25.2 Å². The minimum atomic E-state index is -0.827. The van der Waals surface area contributed by atoms with E-state index < -0.39 is 17.4 Å². The molecule has 0 radical (unpaired) electrons. The predicted molar refractivity (Wildman–Crippen MR) is 76.8 cm³/mol. The number of anilines is 1. The van der Waals surface area contributed by atoms with Crippen molar-refractivity contribution in [3.63, 3.8) is 0 Å². The number of nitrogens with two attached hydrogens (primary N) is 1. The van der Waals surface area contributed by atoms with Gasteiger partial charge in [-0.1, -0.05) is 31.4 Å². The third kappa shape index (κ3) is 2.48. The largest absolute Gasteiger partial charge is 0.481 e. The summed E-state index contributed by atoms with van der Waals surface area (Å²) in [7, 11) is 1.58. The molecule has 20 heavy (non-hydrogen) atoms. The van der Waals surface area contributed by atoms with Crippen LogP contribution in [0.1, 0.15) is 37.7 Å². The van der Waals surface area contributed by atoms with Crippen LogP contribution in [0.2, 0.25) is 0 Å². The van der Waals surface area contributed by atoms with Crippen molar-refractivity contribution in [2.24, 2.45) is 5.73 Å². The molecule has 1 saturated carbocycles. The highest BCUT2D eigenvalue weighted by Gasteiger charge is 2.41. The summed E-state index contributed by atoms with van der Waals surface area (Å²) in [5.74, 6) is -0.781.